The summed E-state index contributed by atoms with van der Waals surface area (Å²) in [5, 5.41) is 8.85. The molecule has 0 radical (unpaired) electrons. The summed E-state index contributed by atoms with van der Waals surface area (Å²) in [4.78, 5) is 0. The fraction of sp³-hybridized carbons (Fsp3) is 0. The Kier molecular flexibility index (Phi) is 2.89. The Morgan fingerprint density at radius 3 is 2.44 bits per heavy atom. The highest BCUT2D eigenvalue weighted by Crippen LogP contribution is 2.16. The zero-order chi connectivity index (χ0) is 11.8. The average molecular weight is 273 g/mol. The van der Waals surface area contributed by atoms with Crippen LogP contribution in [0.5, 0.6) is 0 Å². The Morgan fingerprint density at radius 1 is 1.31 bits per heavy atom. The smallest absolute Gasteiger partial charge is 0.223 e. The van der Waals surface area contributed by atoms with Gasteiger partial charge in [0.2, 0.25) is 4.34 Å². The first-order valence-electron chi connectivity index (χ1n) is 4.17. The van der Waals surface area contributed by atoms with Crippen molar-refractivity contribution >= 4 is 33.6 Å². The van der Waals surface area contributed by atoms with Gasteiger partial charge in [0.05, 0.1) is 5.69 Å². The van der Waals surface area contributed by atoms with Crippen LogP contribution in [0.2, 0.25) is 0 Å². The first-order chi connectivity index (χ1) is 7.48. The molecule has 5 nitrogen and oxygen atoms in total. The Bertz CT molecular complexity index is 657. The molecule has 0 unspecified atom stereocenters. The van der Waals surface area contributed by atoms with Gasteiger partial charge >= 0.3 is 0 Å². The summed E-state index contributed by atoms with van der Waals surface area (Å²) in [6, 6.07) is 9.03. The van der Waals surface area contributed by atoms with Crippen LogP contribution in [0.15, 0.2) is 34.7 Å². The first kappa shape index (κ1) is 11.4. The molecular weight excluding hydrogens is 266 g/mol. The molecule has 8 heteroatoms. The summed E-state index contributed by atoms with van der Waals surface area (Å²) in [6.45, 7) is 0. The van der Waals surface area contributed by atoms with E-state index in [2.05, 4.69) is 5.10 Å². The predicted molar refractivity (Wildman–Crippen MR) is 63.6 cm³/mol. The highest BCUT2D eigenvalue weighted by Gasteiger charge is 2.15. The van der Waals surface area contributed by atoms with Crippen molar-refractivity contribution in [2.75, 3.05) is 0 Å². The number of rotatable bonds is 2. The third kappa shape index (κ3) is 2.19. The first-order valence-corrected chi connectivity index (χ1v) is 6.94. The molecule has 2 rings (SSSR count). The van der Waals surface area contributed by atoms with E-state index in [4.69, 9.17) is 17.4 Å². The van der Waals surface area contributed by atoms with Crippen molar-refractivity contribution in [2.24, 2.45) is 5.14 Å². The second-order valence-electron chi connectivity index (χ2n) is 2.93. The molecule has 0 amide bonds. The molecule has 1 aromatic heterocycles. The number of nitrogens with zero attached hydrogens (tertiary/aromatic N) is 2. The van der Waals surface area contributed by atoms with Gasteiger partial charge in [0, 0.05) is 0 Å². The van der Waals surface area contributed by atoms with Crippen LogP contribution < -0.4 is 5.14 Å². The van der Waals surface area contributed by atoms with E-state index in [9.17, 15) is 8.42 Å². The number of para-hydroxylation sites is 1. The SMILES string of the molecule is NS(=O)(=O)c1nn(-c2ccccc2)c(=S)s1. The molecule has 0 spiro atoms. The Morgan fingerprint density at radius 2 is 1.94 bits per heavy atom. The van der Waals surface area contributed by atoms with Crippen molar-refractivity contribution < 1.29 is 8.42 Å². The van der Waals surface area contributed by atoms with E-state index in [1.807, 2.05) is 18.2 Å². The molecule has 0 bridgehead atoms. The lowest BCUT2D eigenvalue weighted by Gasteiger charge is -1.98. The summed E-state index contributed by atoms with van der Waals surface area (Å²) in [5.74, 6) is 0. The van der Waals surface area contributed by atoms with Gasteiger partial charge in [-0.1, -0.05) is 29.5 Å². The third-order valence-corrected chi connectivity index (χ3v) is 4.32. The number of hydrogen-bond donors (Lipinski definition) is 1. The van der Waals surface area contributed by atoms with E-state index in [-0.39, 0.29) is 4.34 Å². The Labute approximate surface area is 101 Å². The van der Waals surface area contributed by atoms with Crippen LogP contribution >= 0.6 is 23.6 Å². The molecule has 16 heavy (non-hydrogen) atoms. The molecule has 0 fully saturated rings. The second kappa shape index (κ2) is 4.06. The van der Waals surface area contributed by atoms with Gasteiger partial charge in [-0.3, -0.25) is 0 Å². The molecule has 2 aromatic rings. The third-order valence-electron chi connectivity index (χ3n) is 1.77. The summed E-state index contributed by atoms with van der Waals surface area (Å²) in [7, 11) is -3.79. The lowest BCUT2D eigenvalue weighted by molar-refractivity contribution is 0.594. The topological polar surface area (TPSA) is 78.0 Å². The van der Waals surface area contributed by atoms with Crippen molar-refractivity contribution in [1.29, 1.82) is 0 Å². The highest BCUT2D eigenvalue weighted by molar-refractivity contribution is 7.91. The maximum absolute atomic E-state index is 11.1. The molecule has 0 aliphatic heterocycles. The molecule has 0 atom stereocenters. The summed E-state index contributed by atoms with van der Waals surface area (Å²) >= 11 is 5.89. The molecule has 0 aliphatic rings. The molecule has 0 saturated carbocycles. The van der Waals surface area contributed by atoms with Crippen molar-refractivity contribution in [1.82, 2.24) is 9.78 Å². The average Bonchev–Trinajstić information content (AvgIpc) is 2.61. The molecule has 1 aromatic carbocycles. The van der Waals surface area contributed by atoms with Gasteiger partial charge in [-0.2, -0.15) is 0 Å². The number of nitrogens with two attached hydrogens (primary N) is 1. The number of aromatic nitrogens is 2. The maximum Gasteiger partial charge on any atom is 0.267 e. The minimum atomic E-state index is -3.79. The van der Waals surface area contributed by atoms with Crippen molar-refractivity contribution in [3.63, 3.8) is 0 Å². The Balaban J connectivity index is 2.61. The molecule has 2 N–H and O–H groups in total. The highest BCUT2D eigenvalue weighted by atomic mass is 32.2. The quantitative estimate of drug-likeness (QED) is 0.837. The normalized spacial score (nSPS) is 11.6. The summed E-state index contributed by atoms with van der Waals surface area (Å²) in [5.41, 5.74) is 0.707. The van der Waals surface area contributed by atoms with Gasteiger partial charge in [0.25, 0.3) is 10.0 Å². The predicted octanol–water partition coefficient (Wildman–Crippen LogP) is 1.31. The van der Waals surface area contributed by atoms with Crippen molar-refractivity contribution in [3.05, 3.63) is 34.3 Å². The summed E-state index contributed by atoms with van der Waals surface area (Å²) < 4.78 is 23.7. The van der Waals surface area contributed by atoms with E-state index < -0.39 is 10.0 Å². The molecule has 84 valence electrons. The number of sulfonamides is 1. The van der Waals surface area contributed by atoms with Gasteiger partial charge in [0.15, 0.2) is 3.95 Å². The summed E-state index contributed by atoms with van der Waals surface area (Å²) in [6.07, 6.45) is 0. The van der Waals surface area contributed by atoms with Crippen LogP contribution in [0.3, 0.4) is 0 Å². The van der Waals surface area contributed by atoms with Crippen LogP contribution in [0, 0.1) is 3.95 Å². The van der Waals surface area contributed by atoms with Gasteiger partial charge in [-0.25, -0.2) is 18.2 Å². The zero-order valence-corrected chi connectivity index (χ0v) is 10.3. The largest absolute Gasteiger partial charge is 0.267 e. The standard InChI is InChI=1S/C8H7N3O2S3/c9-16(12,13)7-10-11(8(14)15-7)6-4-2-1-3-5-6/h1-5H,(H2,9,12,13). The minimum Gasteiger partial charge on any atom is -0.223 e. The van der Waals surface area contributed by atoms with Crippen LogP contribution in [0.4, 0.5) is 0 Å². The van der Waals surface area contributed by atoms with E-state index in [0.717, 1.165) is 11.3 Å². The van der Waals surface area contributed by atoms with Crippen molar-refractivity contribution in [3.8, 4) is 5.69 Å². The molecule has 1 heterocycles. The second-order valence-corrected chi connectivity index (χ2v) is 6.28. The van der Waals surface area contributed by atoms with Gasteiger partial charge in [0.1, 0.15) is 0 Å². The lowest BCUT2D eigenvalue weighted by atomic mass is 10.3. The minimum absolute atomic E-state index is 0.179. The van der Waals surface area contributed by atoms with E-state index >= 15 is 0 Å². The lowest BCUT2D eigenvalue weighted by Crippen LogP contribution is -2.12. The van der Waals surface area contributed by atoms with Crippen LogP contribution in [0.1, 0.15) is 0 Å². The van der Waals surface area contributed by atoms with Gasteiger partial charge in [-0.15, -0.1) is 5.10 Å². The Hall–Kier alpha value is -1.09. The molecule has 0 saturated heterocycles. The maximum atomic E-state index is 11.1. The van der Waals surface area contributed by atoms with E-state index in [0.29, 0.717) is 9.64 Å². The van der Waals surface area contributed by atoms with Crippen LogP contribution in [-0.2, 0) is 10.0 Å². The van der Waals surface area contributed by atoms with Gasteiger partial charge < -0.3 is 0 Å². The molecular formula is C8H7N3O2S3. The number of hydrogen-bond acceptors (Lipinski definition) is 5. The fourth-order valence-electron chi connectivity index (χ4n) is 1.11. The van der Waals surface area contributed by atoms with E-state index in [1.165, 1.54) is 4.68 Å². The van der Waals surface area contributed by atoms with Crippen LogP contribution in [-0.4, -0.2) is 18.2 Å². The number of primary sulfonamides is 1. The molecule has 0 aliphatic carbocycles. The van der Waals surface area contributed by atoms with Gasteiger partial charge in [-0.05, 0) is 24.4 Å². The monoisotopic (exact) mass is 273 g/mol. The van der Waals surface area contributed by atoms with Crippen molar-refractivity contribution in [2.45, 2.75) is 4.34 Å². The number of benzene rings is 1. The van der Waals surface area contributed by atoms with Crippen LogP contribution in [0.25, 0.3) is 5.69 Å². The fourth-order valence-corrected chi connectivity index (χ4v) is 3.05. The van der Waals surface area contributed by atoms with E-state index in [1.54, 1.807) is 12.1 Å². The zero-order valence-electron chi connectivity index (χ0n) is 7.90.